The van der Waals surface area contributed by atoms with Gasteiger partial charge in [0.1, 0.15) is 5.60 Å². The number of amides is 1. The Morgan fingerprint density at radius 2 is 2.00 bits per heavy atom. The standard InChI is InChI=1S/C19H26N2O3/c1-5-11-19(23)15-20(14-16-9-7-6-8-10-16)12-13-21(19)17(22)24-18(2,3)4/h1,6-10,23H,11-15H2,2-4H3/t19-/m0/s1. The first-order valence-corrected chi connectivity index (χ1v) is 8.16. The van der Waals surface area contributed by atoms with Crippen LogP contribution in [0.2, 0.25) is 0 Å². The van der Waals surface area contributed by atoms with Crippen molar-refractivity contribution in [3.8, 4) is 12.3 Å². The van der Waals surface area contributed by atoms with Gasteiger partial charge in [0.15, 0.2) is 5.72 Å². The van der Waals surface area contributed by atoms with Gasteiger partial charge in [0.05, 0.1) is 6.42 Å². The van der Waals surface area contributed by atoms with Gasteiger partial charge in [-0.1, -0.05) is 30.3 Å². The van der Waals surface area contributed by atoms with Gasteiger partial charge in [-0.05, 0) is 26.3 Å². The number of carbonyl (C=O) groups is 1. The lowest BCUT2D eigenvalue weighted by atomic mass is 10.0. The predicted molar refractivity (Wildman–Crippen MR) is 93.1 cm³/mol. The quantitative estimate of drug-likeness (QED) is 0.865. The SMILES string of the molecule is C#CC[C@]1(O)CN(Cc2ccccc2)CCN1C(=O)OC(C)(C)C. The second-order valence-corrected chi connectivity index (χ2v) is 7.19. The molecule has 1 heterocycles. The van der Waals surface area contributed by atoms with Crippen molar-refractivity contribution >= 4 is 6.09 Å². The van der Waals surface area contributed by atoms with Crippen molar-refractivity contribution in [3.05, 3.63) is 35.9 Å². The summed E-state index contributed by atoms with van der Waals surface area (Å²) in [7, 11) is 0. The summed E-state index contributed by atoms with van der Waals surface area (Å²) in [6.45, 7) is 7.44. The number of ether oxygens (including phenoxy) is 1. The summed E-state index contributed by atoms with van der Waals surface area (Å²) in [6.07, 6.45) is 4.96. The van der Waals surface area contributed by atoms with Crippen LogP contribution >= 0.6 is 0 Å². The highest BCUT2D eigenvalue weighted by molar-refractivity contribution is 5.69. The maximum Gasteiger partial charge on any atom is 0.412 e. The average Bonchev–Trinajstić information content (AvgIpc) is 2.46. The molecule has 5 nitrogen and oxygen atoms in total. The molecular weight excluding hydrogens is 304 g/mol. The lowest BCUT2D eigenvalue weighted by Gasteiger charge is -2.46. The molecule has 24 heavy (non-hydrogen) atoms. The summed E-state index contributed by atoms with van der Waals surface area (Å²) in [4.78, 5) is 15.9. The maximum absolute atomic E-state index is 12.4. The number of hydrogen-bond acceptors (Lipinski definition) is 4. The molecule has 1 aromatic carbocycles. The zero-order valence-corrected chi connectivity index (χ0v) is 14.7. The van der Waals surface area contributed by atoms with Crippen LogP contribution in [0.4, 0.5) is 4.79 Å². The first-order chi connectivity index (χ1) is 11.2. The third-order valence-electron chi connectivity index (χ3n) is 3.87. The van der Waals surface area contributed by atoms with E-state index in [0.29, 0.717) is 26.2 Å². The zero-order valence-electron chi connectivity index (χ0n) is 14.7. The topological polar surface area (TPSA) is 53.0 Å². The number of piperazine rings is 1. The van der Waals surface area contributed by atoms with E-state index in [1.54, 1.807) is 20.8 Å². The Kier molecular flexibility index (Phi) is 5.53. The number of aliphatic hydroxyl groups is 1. The summed E-state index contributed by atoms with van der Waals surface area (Å²) in [5.74, 6) is 2.48. The van der Waals surface area contributed by atoms with Crippen molar-refractivity contribution in [1.29, 1.82) is 0 Å². The number of β-amino-alcohol motifs (C(OH)–C–C–N with tert-alkyl or cyclic N) is 1. The number of rotatable bonds is 3. The fourth-order valence-corrected chi connectivity index (χ4v) is 2.84. The lowest BCUT2D eigenvalue weighted by molar-refractivity contribution is -0.142. The first kappa shape index (κ1) is 18.3. The third-order valence-corrected chi connectivity index (χ3v) is 3.87. The van der Waals surface area contributed by atoms with Crippen LogP contribution in [0.5, 0.6) is 0 Å². The third kappa shape index (κ3) is 4.73. The van der Waals surface area contributed by atoms with Gasteiger partial charge < -0.3 is 9.84 Å². The largest absolute Gasteiger partial charge is 0.444 e. The van der Waals surface area contributed by atoms with Gasteiger partial charge in [0, 0.05) is 26.2 Å². The molecule has 1 aliphatic heterocycles. The van der Waals surface area contributed by atoms with Crippen LogP contribution in [-0.2, 0) is 11.3 Å². The number of carbonyl (C=O) groups excluding carboxylic acids is 1. The van der Waals surface area contributed by atoms with Crippen LogP contribution in [0, 0.1) is 12.3 Å². The van der Waals surface area contributed by atoms with E-state index in [2.05, 4.69) is 10.8 Å². The molecule has 1 saturated heterocycles. The molecule has 0 aliphatic carbocycles. The van der Waals surface area contributed by atoms with E-state index in [-0.39, 0.29) is 6.42 Å². The highest BCUT2D eigenvalue weighted by atomic mass is 16.6. The van der Waals surface area contributed by atoms with Gasteiger partial charge in [-0.2, -0.15) is 0 Å². The summed E-state index contributed by atoms with van der Waals surface area (Å²) < 4.78 is 5.41. The van der Waals surface area contributed by atoms with Gasteiger partial charge in [-0.15, -0.1) is 12.3 Å². The van der Waals surface area contributed by atoms with E-state index in [1.807, 2.05) is 30.3 Å². The van der Waals surface area contributed by atoms with Crippen molar-refractivity contribution in [3.63, 3.8) is 0 Å². The lowest BCUT2D eigenvalue weighted by Crippen LogP contribution is -2.64. The molecule has 0 spiro atoms. The molecule has 0 aromatic heterocycles. The minimum atomic E-state index is -1.41. The molecule has 1 aliphatic rings. The number of hydrogen-bond donors (Lipinski definition) is 1. The van der Waals surface area contributed by atoms with Crippen molar-refractivity contribution in [1.82, 2.24) is 9.80 Å². The Labute approximate surface area is 144 Å². The predicted octanol–water partition coefficient (Wildman–Crippen LogP) is 2.45. The van der Waals surface area contributed by atoms with Crippen molar-refractivity contribution < 1.29 is 14.6 Å². The van der Waals surface area contributed by atoms with Crippen LogP contribution in [0.15, 0.2) is 30.3 Å². The molecule has 2 rings (SSSR count). The second-order valence-electron chi connectivity index (χ2n) is 7.19. The molecule has 5 heteroatoms. The normalized spacial score (nSPS) is 22.0. The van der Waals surface area contributed by atoms with Gasteiger partial charge in [0.25, 0.3) is 0 Å². The molecule has 1 aromatic rings. The number of benzene rings is 1. The Bertz CT molecular complexity index is 603. The molecule has 0 saturated carbocycles. The minimum absolute atomic E-state index is 0.0670. The summed E-state index contributed by atoms with van der Waals surface area (Å²) in [5.41, 5.74) is -0.870. The van der Waals surface area contributed by atoms with Gasteiger partial charge in [0.2, 0.25) is 0 Å². The Morgan fingerprint density at radius 3 is 2.58 bits per heavy atom. The van der Waals surface area contributed by atoms with Gasteiger partial charge >= 0.3 is 6.09 Å². The average molecular weight is 330 g/mol. The van der Waals surface area contributed by atoms with E-state index < -0.39 is 17.4 Å². The molecular formula is C19H26N2O3. The number of nitrogens with zero attached hydrogens (tertiary/aromatic N) is 2. The first-order valence-electron chi connectivity index (χ1n) is 8.16. The Hall–Kier alpha value is -2.03. The van der Waals surface area contributed by atoms with E-state index in [9.17, 15) is 9.90 Å². The monoisotopic (exact) mass is 330 g/mol. The van der Waals surface area contributed by atoms with Crippen LogP contribution in [0.1, 0.15) is 32.8 Å². The van der Waals surface area contributed by atoms with Crippen LogP contribution in [-0.4, -0.2) is 52.0 Å². The number of terminal acetylenes is 1. The molecule has 130 valence electrons. The highest BCUT2D eigenvalue weighted by Crippen LogP contribution is 2.26. The summed E-state index contributed by atoms with van der Waals surface area (Å²) in [5, 5.41) is 11.0. The highest BCUT2D eigenvalue weighted by Gasteiger charge is 2.43. The van der Waals surface area contributed by atoms with Crippen LogP contribution in [0.3, 0.4) is 0 Å². The minimum Gasteiger partial charge on any atom is -0.444 e. The maximum atomic E-state index is 12.4. The fraction of sp³-hybridized carbons (Fsp3) is 0.526. The molecule has 0 bridgehead atoms. The van der Waals surface area contributed by atoms with Crippen LogP contribution in [0.25, 0.3) is 0 Å². The van der Waals surface area contributed by atoms with Gasteiger partial charge in [-0.25, -0.2) is 4.79 Å². The fourth-order valence-electron chi connectivity index (χ4n) is 2.84. The molecule has 0 radical (unpaired) electrons. The van der Waals surface area contributed by atoms with Crippen molar-refractivity contribution in [2.24, 2.45) is 0 Å². The molecule has 0 unspecified atom stereocenters. The van der Waals surface area contributed by atoms with E-state index >= 15 is 0 Å². The summed E-state index contributed by atoms with van der Waals surface area (Å²) >= 11 is 0. The molecule has 1 fully saturated rings. The van der Waals surface area contributed by atoms with Crippen molar-refractivity contribution in [2.75, 3.05) is 19.6 Å². The molecule has 1 N–H and O–H groups in total. The van der Waals surface area contributed by atoms with E-state index in [0.717, 1.165) is 5.56 Å². The zero-order chi connectivity index (χ0) is 17.8. The molecule has 1 atom stereocenters. The van der Waals surface area contributed by atoms with E-state index in [4.69, 9.17) is 11.2 Å². The van der Waals surface area contributed by atoms with Crippen molar-refractivity contribution in [2.45, 2.75) is 45.1 Å². The van der Waals surface area contributed by atoms with E-state index in [1.165, 1.54) is 4.90 Å². The Morgan fingerprint density at radius 1 is 1.33 bits per heavy atom. The Balaban J connectivity index is 2.10. The smallest absolute Gasteiger partial charge is 0.412 e. The van der Waals surface area contributed by atoms with Crippen LogP contribution < -0.4 is 0 Å². The summed E-state index contributed by atoms with van der Waals surface area (Å²) in [6, 6.07) is 10.0. The second kappa shape index (κ2) is 7.25. The molecule has 1 amide bonds. The van der Waals surface area contributed by atoms with Gasteiger partial charge in [-0.3, -0.25) is 9.80 Å².